The Bertz CT molecular complexity index is 1130. The van der Waals surface area contributed by atoms with Crippen LogP contribution in [0.4, 0.5) is 0 Å². The maximum atomic E-state index is 13.5. The van der Waals surface area contributed by atoms with Crippen LogP contribution in [0.25, 0.3) is 0 Å². The average molecular weight is 518 g/mol. The summed E-state index contributed by atoms with van der Waals surface area (Å²) in [5.41, 5.74) is 4.98. The van der Waals surface area contributed by atoms with Crippen LogP contribution in [0.15, 0.2) is 71.2 Å². The van der Waals surface area contributed by atoms with Gasteiger partial charge in [0, 0.05) is 57.1 Å². The van der Waals surface area contributed by atoms with Gasteiger partial charge in [-0.2, -0.15) is 0 Å². The van der Waals surface area contributed by atoms with Gasteiger partial charge in [0.05, 0.1) is 0 Å². The van der Waals surface area contributed by atoms with Crippen LogP contribution in [-0.4, -0.2) is 83.9 Å². The Morgan fingerprint density at radius 1 is 1.11 bits per heavy atom. The molecule has 2 amide bonds. The van der Waals surface area contributed by atoms with E-state index in [0.717, 1.165) is 62.3 Å². The molecule has 2 fully saturated rings. The summed E-state index contributed by atoms with van der Waals surface area (Å²) in [6.45, 7) is 21.4. The van der Waals surface area contributed by atoms with Crippen molar-refractivity contribution >= 4 is 18.5 Å². The molecule has 0 atom stereocenters. The fourth-order valence-corrected chi connectivity index (χ4v) is 4.90. The molecule has 0 N–H and O–H groups in total. The van der Waals surface area contributed by atoms with E-state index in [1.165, 1.54) is 5.70 Å². The van der Waals surface area contributed by atoms with Crippen LogP contribution in [0, 0.1) is 6.92 Å². The van der Waals surface area contributed by atoms with Crippen LogP contribution in [0.1, 0.15) is 55.1 Å². The second kappa shape index (κ2) is 13.9. The summed E-state index contributed by atoms with van der Waals surface area (Å²) in [4.78, 5) is 38.5. The Morgan fingerprint density at radius 2 is 1.82 bits per heavy atom. The van der Waals surface area contributed by atoms with Crippen molar-refractivity contribution in [3.63, 3.8) is 0 Å². The zero-order valence-corrected chi connectivity index (χ0v) is 23.6. The highest BCUT2D eigenvalue weighted by molar-refractivity contribution is 5.98. The maximum absolute atomic E-state index is 13.5. The van der Waals surface area contributed by atoms with Crippen molar-refractivity contribution in [3.8, 4) is 0 Å². The van der Waals surface area contributed by atoms with Gasteiger partial charge in [0.15, 0.2) is 0 Å². The van der Waals surface area contributed by atoms with E-state index < -0.39 is 0 Å². The fourth-order valence-electron chi connectivity index (χ4n) is 4.90. The zero-order chi connectivity index (χ0) is 27.7. The van der Waals surface area contributed by atoms with E-state index in [0.29, 0.717) is 24.5 Å². The first-order valence-corrected chi connectivity index (χ1v) is 13.6. The van der Waals surface area contributed by atoms with Crippen LogP contribution in [-0.2, 0) is 11.3 Å². The standard InChI is InChI=1S/C31H43N5O2/c1-7-9-11-28(24(3)4)34-17-15-33(16-18-34)22-26-14-13-25(5)27(21-26)31(38)35-19-20-36(30(37)23-35)29(32-6)12-10-8-2/h7,9,11-14,21H,3,6,8,10,15-20,22-23H2,1-2,4-5H3/b9-7-,28-11+,29-12+. The molecule has 2 saturated heterocycles. The maximum Gasteiger partial charge on any atom is 0.254 e. The lowest BCUT2D eigenvalue weighted by atomic mass is 10.0. The fraction of sp³-hybridized carbons (Fsp3) is 0.452. The van der Waals surface area contributed by atoms with Gasteiger partial charge in [-0.05, 0) is 68.8 Å². The number of hydrogen-bond acceptors (Lipinski definition) is 5. The number of aliphatic imine (C=N–C) groups is 1. The van der Waals surface area contributed by atoms with E-state index in [1.54, 1.807) is 9.80 Å². The SMILES string of the molecule is C=N/C(=C\CCC)N1CCN(C(=O)c2cc(CN3CCN(/C(=C/C=C\C)C(=C)C)CC3)ccc2C)CC1=O. The minimum absolute atomic E-state index is 0.0508. The average Bonchev–Trinajstić information content (AvgIpc) is 2.91. The molecule has 0 radical (unpaired) electrons. The molecule has 7 heteroatoms. The molecule has 1 aromatic carbocycles. The molecular weight excluding hydrogens is 474 g/mol. The molecule has 3 rings (SSSR count). The monoisotopic (exact) mass is 517 g/mol. The lowest BCUT2D eigenvalue weighted by molar-refractivity contribution is -0.132. The molecule has 204 valence electrons. The molecule has 2 heterocycles. The van der Waals surface area contributed by atoms with Crippen molar-refractivity contribution in [3.05, 3.63) is 82.9 Å². The van der Waals surface area contributed by atoms with Crippen LogP contribution in [0.3, 0.4) is 0 Å². The minimum Gasteiger partial charge on any atom is -0.369 e. The number of carbonyl (C=O) groups excluding carboxylic acids is 2. The third kappa shape index (κ3) is 7.32. The lowest BCUT2D eigenvalue weighted by Crippen LogP contribution is -2.51. The highest BCUT2D eigenvalue weighted by Gasteiger charge is 2.30. The van der Waals surface area contributed by atoms with Gasteiger partial charge in [0.1, 0.15) is 12.4 Å². The second-order valence-corrected chi connectivity index (χ2v) is 10.1. The molecule has 7 nitrogen and oxygen atoms in total. The molecule has 2 aliphatic heterocycles. The first kappa shape index (κ1) is 29.1. The number of benzene rings is 1. The summed E-state index contributed by atoms with van der Waals surface area (Å²) in [6, 6.07) is 6.13. The van der Waals surface area contributed by atoms with E-state index in [9.17, 15) is 9.59 Å². The predicted octanol–water partition coefficient (Wildman–Crippen LogP) is 4.78. The topological polar surface area (TPSA) is 59.5 Å². The van der Waals surface area contributed by atoms with Crippen molar-refractivity contribution in [1.82, 2.24) is 19.6 Å². The van der Waals surface area contributed by atoms with Gasteiger partial charge in [0.25, 0.3) is 5.91 Å². The van der Waals surface area contributed by atoms with Crippen LogP contribution in [0.5, 0.6) is 0 Å². The van der Waals surface area contributed by atoms with Crippen molar-refractivity contribution < 1.29 is 9.59 Å². The molecule has 1 aromatic rings. The number of aryl methyl sites for hydroxylation is 1. The van der Waals surface area contributed by atoms with Gasteiger partial charge in [-0.1, -0.05) is 44.2 Å². The summed E-state index contributed by atoms with van der Waals surface area (Å²) < 4.78 is 0. The van der Waals surface area contributed by atoms with E-state index in [1.807, 2.05) is 38.1 Å². The zero-order valence-electron chi connectivity index (χ0n) is 23.6. The van der Waals surface area contributed by atoms with Crippen LogP contribution < -0.4 is 0 Å². The number of unbranched alkanes of at least 4 members (excludes halogenated alkanes) is 1. The van der Waals surface area contributed by atoms with E-state index in [2.05, 4.69) is 60.2 Å². The predicted molar refractivity (Wildman–Crippen MR) is 156 cm³/mol. The molecular formula is C31H43N5O2. The number of rotatable bonds is 10. The second-order valence-electron chi connectivity index (χ2n) is 10.1. The Kier molecular flexibility index (Phi) is 10.7. The van der Waals surface area contributed by atoms with Crippen molar-refractivity contribution in [2.24, 2.45) is 4.99 Å². The third-order valence-electron chi connectivity index (χ3n) is 7.10. The molecule has 0 aromatic heterocycles. The molecule has 0 bridgehead atoms. The molecule has 0 saturated carbocycles. The van der Waals surface area contributed by atoms with Gasteiger partial charge < -0.3 is 9.80 Å². The van der Waals surface area contributed by atoms with Gasteiger partial charge in [-0.25, -0.2) is 4.99 Å². The number of amides is 2. The van der Waals surface area contributed by atoms with Crippen molar-refractivity contribution in [1.29, 1.82) is 0 Å². The molecule has 2 aliphatic rings. The Morgan fingerprint density at radius 3 is 2.42 bits per heavy atom. The largest absolute Gasteiger partial charge is 0.369 e. The van der Waals surface area contributed by atoms with Crippen molar-refractivity contribution in [2.45, 2.75) is 47.1 Å². The van der Waals surface area contributed by atoms with Gasteiger partial charge >= 0.3 is 0 Å². The highest BCUT2D eigenvalue weighted by atomic mass is 16.2. The summed E-state index contributed by atoms with van der Waals surface area (Å²) >= 11 is 0. The van der Waals surface area contributed by atoms with E-state index in [-0.39, 0.29) is 18.4 Å². The smallest absolute Gasteiger partial charge is 0.254 e. The number of piperazine rings is 2. The molecule has 38 heavy (non-hydrogen) atoms. The minimum atomic E-state index is -0.122. The normalized spacial score (nSPS) is 17.9. The van der Waals surface area contributed by atoms with Gasteiger partial charge in [-0.15, -0.1) is 0 Å². The molecule has 0 unspecified atom stereocenters. The number of nitrogens with zero attached hydrogens (tertiary/aromatic N) is 5. The molecule has 0 spiro atoms. The highest BCUT2D eigenvalue weighted by Crippen LogP contribution is 2.21. The Labute approximate surface area is 228 Å². The van der Waals surface area contributed by atoms with Gasteiger partial charge in [0.2, 0.25) is 5.91 Å². The Hall–Kier alpha value is -3.45. The van der Waals surface area contributed by atoms with Crippen LogP contribution in [0.2, 0.25) is 0 Å². The number of carbonyl (C=O) groups is 2. The first-order chi connectivity index (χ1) is 18.3. The van der Waals surface area contributed by atoms with Crippen molar-refractivity contribution in [2.75, 3.05) is 45.8 Å². The van der Waals surface area contributed by atoms with E-state index in [4.69, 9.17) is 0 Å². The Balaban J connectivity index is 1.63. The third-order valence-corrected chi connectivity index (χ3v) is 7.10. The summed E-state index contributed by atoms with van der Waals surface area (Å²) in [5, 5.41) is 0. The summed E-state index contributed by atoms with van der Waals surface area (Å²) in [7, 11) is 0. The van der Waals surface area contributed by atoms with Gasteiger partial charge in [-0.3, -0.25) is 19.4 Å². The molecule has 0 aliphatic carbocycles. The first-order valence-electron chi connectivity index (χ1n) is 13.6. The summed E-state index contributed by atoms with van der Waals surface area (Å²) in [6.07, 6.45) is 9.98. The quantitative estimate of drug-likeness (QED) is 0.331. The number of allylic oxidation sites excluding steroid dienone is 5. The van der Waals surface area contributed by atoms with E-state index >= 15 is 0 Å². The lowest BCUT2D eigenvalue weighted by Gasteiger charge is -2.37. The number of hydrogen-bond donors (Lipinski definition) is 0. The van der Waals surface area contributed by atoms with Crippen LogP contribution >= 0.6 is 0 Å². The summed E-state index contributed by atoms with van der Waals surface area (Å²) in [5.74, 6) is 0.381.